The third-order valence-electron chi connectivity index (χ3n) is 1.26. The zero-order chi connectivity index (χ0) is 10.1. The lowest BCUT2D eigenvalue weighted by Gasteiger charge is -1.96. The van der Waals surface area contributed by atoms with Gasteiger partial charge >= 0.3 is 7.69 Å². The van der Waals surface area contributed by atoms with E-state index in [9.17, 15) is 0 Å². The van der Waals surface area contributed by atoms with Crippen molar-refractivity contribution in [2.75, 3.05) is 7.11 Å². The minimum Gasteiger partial charge on any atom is -0.497 e. The fraction of sp³-hybridized carbons (Fsp3) is 0.111. The summed E-state index contributed by atoms with van der Waals surface area (Å²) in [6.45, 7) is 0. The van der Waals surface area contributed by atoms with Gasteiger partial charge < -0.3 is 14.8 Å². The van der Waals surface area contributed by atoms with Crippen LogP contribution in [0.4, 0.5) is 0 Å². The number of benzene rings is 1. The molecule has 0 aliphatic heterocycles. The van der Waals surface area contributed by atoms with Crippen LogP contribution in [0.1, 0.15) is 5.56 Å². The smallest absolute Gasteiger partial charge is 0.432 e. The van der Waals surface area contributed by atoms with Crippen molar-refractivity contribution < 1.29 is 14.8 Å². The van der Waals surface area contributed by atoms with Crippen molar-refractivity contribution in [2.24, 2.45) is 0 Å². The van der Waals surface area contributed by atoms with E-state index < -0.39 is 7.69 Å². The van der Waals surface area contributed by atoms with Gasteiger partial charge in [0, 0.05) is 5.56 Å². The van der Waals surface area contributed by atoms with Crippen LogP contribution in [0.2, 0.25) is 0 Å². The summed E-state index contributed by atoms with van der Waals surface area (Å²) in [5, 5.41) is 14.2. The van der Waals surface area contributed by atoms with E-state index in [1.807, 2.05) is 24.3 Å². The third kappa shape index (κ3) is 4.91. The molecule has 0 aliphatic carbocycles. The highest BCUT2D eigenvalue weighted by atomic mass is 16.5. The summed E-state index contributed by atoms with van der Waals surface area (Å²) in [6.07, 6.45) is 5.15. The van der Waals surface area contributed by atoms with Crippen LogP contribution in [-0.4, -0.2) is 24.8 Å². The molecule has 1 aromatic carbocycles. The molecule has 3 nitrogen and oxygen atoms in total. The summed E-state index contributed by atoms with van der Waals surface area (Å²) in [5.74, 6) is 3.36. The van der Waals surface area contributed by atoms with Gasteiger partial charge in [-0.15, -0.1) is 6.42 Å². The van der Waals surface area contributed by atoms with Crippen LogP contribution in [0, 0.1) is 12.3 Å². The van der Waals surface area contributed by atoms with Gasteiger partial charge in [-0.1, -0.05) is 5.92 Å². The van der Waals surface area contributed by atoms with Gasteiger partial charge in [0.2, 0.25) is 0 Å². The fourth-order valence-corrected chi connectivity index (χ4v) is 0.687. The molecule has 0 saturated carbocycles. The molecule has 0 saturated heterocycles. The first kappa shape index (κ1) is 11.6. The highest BCUT2D eigenvalue weighted by Gasteiger charge is 1.87. The number of methoxy groups -OCH3 is 1. The molecule has 0 spiro atoms. The first-order valence-corrected chi connectivity index (χ1v) is 3.60. The van der Waals surface area contributed by atoms with Gasteiger partial charge in [0.1, 0.15) is 5.75 Å². The highest BCUT2D eigenvalue weighted by Crippen LogP contribution is 2.09. The Balaban J connectivity index is 0.000000424. The Morgan fingerprint density at radius 2 is 1.77 bits per heavy atom. The van der Waals surface area contributed by atoms with E-state index in [0.717, 1.165) is 11.3 Å². The van der Waals surface area contributed by atoms with Crippen molar-refractivity contribution in [1.82, 2.24) is 0 Å². The summed E-state index contributed by atoms with van der Waals surface area (Å²) >= 11 is 0. The molecule has 1 rings (SSSR count). The van der Waals surface area contributed by atoms with E-state index in [1.165, 1.54) is 0 Å². The van der Waals surface area contributed by atoms with Crippen molar-refractivity contribution in [3.8, 4) is 18.1 Å². The van der Waals surface area contributed by atoms with Crippen molar-refractivity contribution in [3.63, 3.8) is 0 Å². The molecule has 0 radical (unpaired) electrons. The Kier molecular flexibility index (Phi) is 6.43. The van der Waals surface area contributed by atoms with Crippen molar-refractivity contribution in [2.45, 2.75) is 0 Å². The Morgan fingerprint density at radius 1 is 1.31 bits per heavy atom. The van der Waals surface area contributed by atoms with Crippen LogP contribution in [0.3, 0.4) is 0 Å². The largest absolute Gasteiger partial charge is 0.497 e. The van der Waals surface area contributed by atoms with Crippen LogP contribution >= 0.6 is 0 Å². The lowest BCUT2D eigenvalue weighted by atomic mass is 10.2. The van der Waals surface area contributed by atoms with Crippen LogP contribution in [-0.2, 0) is 0 Å². The standard InChI is InChI=1S/C9H8O.BH3O2/c1-3-8-4-6-9(10-2)7-5-8;2-1-3/h1,4-7H,2H3;1-3H. The maximum Gasteiger partial charge on any atom is 0.432 e. The molecule has 0 bridgehead atoms. The fourth-order valence-electron chi connectivity index (χ4n) is 0.687. The predicted molar refractivity (Wildman–Crippen MR) is 52.5 cm³/mol. The van der Waals surface area contributed by atoms with Gasteiger partial charge in [-0.05, 0) is 24.3 Å². The van der Waals surface area contributed by atoms with Crippen molar-refractivity contribution >= 4 is 7.69 Å². The number of rotatable bonds is 1. The monoisotopic (exact) mass is 178 g/mol. The summed E-state index contributed by atoms with van der Waals surface area (Å²) < 4.78 is 4.95. The van der Waals surface area contributed by atoms with Gasteiger partial charge in [0.05, 0.1) is 7.11 Å². The minimum absolute atomic E-state index is 0.750. The maximum atomic E-state index is 7.12. The number of hydrogen-bond donors (Lipinski definition) is 2. The first-order valence-electron chi connectivity index (χ1n) is 3.60. The van der Waals surface area contributed by atoms with Gasteiger partial charge in [-0.2, -0.15) is 0 Å². The molecule has 68 valence electrons. The lowest BCUT2D eigenvalue weighted by molar-refractivity contribution is 0.415. The zero-order valence-electron chi connectivity index (χ0n) is 7.40. The average molecular weight is 178 g/mol. The van der Waals surface area contributed by atoms with E-state index in [1.54, 1.807) is 7.11 Å². The van der Waals surface area contributed by atoms with Crippen LogP contribution in [0.15, 0.2) is 24.3 Å². The summed E-state index contributed by atoms with van der Waals surface area (Å²) in [4.78, 5) is 0. The molecule has 4 heteroatoms. The molecule has 1 aromatic rings. The van der Waals surface area contributed by atoms with Gasteiger partial charge in [0.25, 0.3) is 0 Å². The van der Waals surface area contributed by atoms with Crippen molar-refractivity contribution in [3.05, 3.63) is 29.8 Å². The van der Waals surface area contributed by atoms with E-state index in [4.69, 9.17) is 21.2 Å². The molecule has 0 fully saturated rings. The van der Waals surface area contributed by atoms with E-state index in [2.05, 4.69) is 5.92 Å². The Bertz CT molecular complexity index is 263. The summed E-state index contributed by atoms with van der Waals surface area (Å²) in [6, 6.07) is 7.38. The van der Waals surface area contributed by atoms with Crippen molar-refractivity contribution in [1.29, 1.82) is 0 Å². The summed E-state index contributed by atoms with van der Waals surface area (Å²) in [5.41, 5.74) is 0.876. The second-order valence-electron chi connectivity index (χ2n) is 2.01. The van der Waals surface area contributed by atoms with E-state index in [-0.39, 0.29) is 0 Å². The molecule has 13 heavy (non-hydrogen) atoms. The third-order valence-corrected chi connectivity index (χ3v) is 1.26. The van der Waals surface area contributed by atoms with Crippen LogP contribution < -0.4 is 4.74 Å². The molecule has 0 unspecified atom stereocenters. The van der Waals surface area contributed by atoms with Gasteiger partial charge in [0.15, 0.2) is 0 Å². The molecular formula is C9H11BO3. The van der Waals surface area contributed by atoms with Crippen LogP contribution in [0.25, 0.3) is 0 Å². The molecule has 0 aliphatic rings. The Labute approximate surface area is 78.3 Å². The highest BCUT2D eigenvalue weighted by molar-refractivity contribution is 6.13. The Hall–Kier alpha value is -1.44. The predicted octanol–water partition coefficient (Wildman–Crippen LogP) is -0.0860. The van der Waals surface area contributed by atoms with Crippen LogP contribution in [0.5, 0.6) is 5.75 Å². The molecular weight excluding hydrogens is 167 g/mol. The lowest BCUT2D eigenvalue weighted by Crippen LogP contribution is -1.81. The number of hydrogen-bond acceptors (Lipinski definition) is 3. The maximum absolute atomic E-state index is 7.12. The average Bonchev–Trinajstić information content (AvgIpc) is 2.19. The SMILES string of the molecule is C#Cc1ccc(OC)cc1.OBO. The number of ether oxygens (including phenoxy) is 1. The van der Waals surface area contributed by atoms with E-state index in [0.29, 0.717) is 0 Å². The molecule has 0 heterocycles. The summed E-state index contributed by atoms with van der Waals surface area (Å²) in [7, 11) is 0.880. The molecule has 2 N–H and O–H groups in total. The second-order valence-corrected chi connectivity index (χ2v) is 2.01. The topological polar surface area (TPSA) is 49.7 Å². The first-order chi connectivity index (χ1) is 6.28. The number of terminal acetylenes is 1. The molecule has 0 amide bonds. The Morgan fingerprint density at radius 3 is 2.08 bits per heavy atom. The molecule has 0 aromatic heterocycles. The zero-order valence-corrected chi connectivity index (χ0v) is 7.40. The normalized spacial score (nSPS) is 7.54. The molecule has 0 atom stereocenters. The quantitative estimate of drug-likeness (QED) is 0.466. The van der Waals surface area contributed by atoms with Gasteiger partial charge in [-0.25, -0.2) is 0 Å². The second kappa shape index (κ2) is 7.23. The van der Waals surface area contributed by atoms with Gasteiger partial charge in [-0.3, -0.25) is 0 Å². The van der Waals surface area contributed by atoms with E-state index >= 15 is 0 Å². The minimum atomic E-state index is -0.750.